The Morgan fingerprint density at radius 1 is 1.14 bits per heavy atom. The predicted octanol–water partition coefficient (Wildman–Crippen LogP) is 4.34. The summed E-state index contributed by atoms with van der Waals surface area (Å²) in [6.07, 6.45) is 5.98. The molecular weight excluding hydrogens is 407 g/mol. The second-order valence-electron chi connectivity index (χ2n) is 9.49. The quantitative estimate of drug-likeness (QED) is 0.742. The Balaban J connectivity index is 1.13. The van der Waals surface area contributed by atoms with Crippen LogP contribution in [0.3, 0.4) is 0 Å². The molecule has 2 saturated heterocycles. The van der Waals surface area contributed by atoms with Crippen molar-refractivity contribution in [3.63, 3.8) is 0 Å². The summed E-state index contributed by atoms with van der Waals surface area (Å²) < 4.78 is 0. The minimum atomic E-state index is 0.0351. The van der Waals surface area contributed by atoms with Gasteiger partial charge < -0.3 is 20.0 Å². The largest absolute Gasteiger partial charge is 0.369 e. The van der Waals surface area contributed by atoms with E-state index in [4.69, 9.17) is 23.2 Å². The Morgan fingerprint density at radius 2 is 1.83 bits per heavy atom. The number of nitrogens with zero attached hydrogens (tertiary/aromatic N) is 3. The molecule has 1 aromatic rings. The molecule has 0 atom stereocenters. The van der Waals surface area contributed by atoms with Gasteiger partial charge in [-0.1, -0.05) is 29.3 Å². The van der Waals surface area contributed by atoms with Crippen molar-refractivity contribution in [1.29, 1.82) is 0 Å². The molecule has 0 bridgehead atoms. The van der Waals surface area contributed by atoms with Crippen molar-refractivity contribution >= 4 is 34.9 Å². The number of hydrogen-bond acceptors (Lipinski definition) is 3. The van der Waals surface area contributed by atoms with Gasteiger partial charge in [-0.25, -0.2) is 4.79 Å². The molecule has 2 heterocycles. The van der Waals surface area contributed by atoms with Crippen molar-refractivity contribution in [1.82, 2.24) is 15.1 Å². The molecule has 160 valence electrons. The molecule has 7 heteroatoms. The van der Waals surface area contributed by atoms with Crippen LogP contribution < -0.4 is 10.2 Å². The topological polar surface area (TPSA) is 38.8 Å². The highest BCUT2D eigenvalue weighted by atomic mass is 35.5. The van der Waals surface area contributed by atoms with Crippen LogP contribution in [0.1, 0.15) is 32.1 Å². The van der Waals surface area contributed by atoms with Gasteiger partial charge in [0.15, 0.2) is 0 Å². The average molecular weight is 439 g/mol. The lowest BCUT2D eigenvalue weighted by molar-refractivity contribution is -0.0252. The van der Waals surface area contributed by atoms with Gasteiger partial charge in [-0.3, -0.25) is 0 Å². The highest BCUT2D eigenvalue weighted by Crippen LogP contribution is 2.45. The van der Waals surface area contributed by atoms with Gasteiger partial charge in [-0.05, 0) is 56.7 Å². The van der Waals surface area contributed by atoms with Crippen molar-refractivity contribution in [2.75, 3.05) is 51.7 Å². The molecule has 2 amide bonds. The third-order valence-electron chi connectivity index (χ3n) is 6.88. The zero-order chi connectivity index (χ0) is 20.6. The summed E-state index contributed by atoms with van der Waals surface area (Å²) in [5, 5.41) is 4.45. The summed E-state index contributed by atoms with van der Waals surface area (Å²) in [6, 6.07) is 6.27. The highest BCUT2D eigenvalue weighted by Gasteiger charge is 2.51. The SMILES string of the molecule is CN(C)C(=O)NC1CCC(CCN2CC3(C2)CN(c2cccc(Cl)c2Cl)C3)CC1. The summed E-state index contributed by atoms with van der Waals surface area (Å²) in [4.78, 5) is 18.4. The number of amides is 2. The van der Waals surface area contributed by atoms with Gasteiger partial charge in [0.25, 0.3) is 0 Å². The number of carbonyl (C=O) groups excluding carboxylic acids is 1. The van der Waals surface area contributed by atoms with E-state index in [-0.39, 0.29) is 6.03 Å². The van der Waals surface area contributed by atoms with Gasteiger partial charge in [0.2, 0.25) is 0 Å². The van der Waals surface area contributed by atoms with E-state index >= 15 is 0 Å². The standard InChI is InChI=1S/C22H32Cl2N4O/c1-26(2)21(29)25-17-8-6-16(7-9-17)10-11-27-12-22(13-27)14-28(15-22)19-5-3-4-18(23)20(19)24/h3-5,16-17H,6-15H2,1-2H3,(H,25,29). The fourth-order valence-electron chi connectivity index (χ4n) is 5.20. The van der Waals surface area contributed by atoms with Gasteiger partial charge >= 0.3 is 6.03 Å². The number of nitrogens with one attached hydrogen (secondary N) is 1. The molecule has 3 aliphatic rings. The smallest absolute Gasteiger partial charge is 0.317 e. The van der Waals surface area contributed by atoms with E-state index < -0.39 is 0 Å². The first kappa shape index (κ1) is 21.1. The molecule has 4 rings (SSSR count). The first-order valence-corrected chi connectivity index (χ1v) is 11.5. The van der Waals surface area contributed by atoms with Crippen LogP contribution in [0.2, 0.25) is 10.0 Å². The molecule has 1 aromatic carbocycles. The van der Waals surface area contributed by atoms with E-state index in [1.807, 2.05) is 12.1 Å². The van der Waals surface area contributed by atoms with Crippen LogP contribution in [0.5, 0.6) is 0 Å². The molecule has 5 nitrogen and oxygen atoms in total. The third-order valence-corrected chi connectivity index (χ3v) is 7.69. The lowest BCUT2D eigenvalue weighted by Crippen LogP contribution is -2.72. The molecule has 1 aliphatic carbocycles. The normalized spacial score (nSPS) is 26.0. The highest BCUT2D eigenvalue weighted by molar-refractivity contribution is 6.43. The Kier molecular flexibility index (Phi) is 6.19. The molecule has 0 aromatic heterocycles. The van der Waals surface area contributed by atoms with Crippen LogP contribution >= 0.6 is 23.2 Å². The van der Waals surface area contributed by atoms with Gasteiger partial charge in [0.05, 0.1) is 15.7 Å². The Bertz CT molecular complexity index is 734. The zero-order valence-corrected chi connectivity index (χ0v) is 19.0. The minimum absolute atomic E-state index is 0.0351. The maximum Gasteiger partial charge on any atom is 0.317 e. The maximum absolute atomic E-state index is 11.8. The minimum Gasteiger partial charge on any atom is -0.369 e. The van der Waals surface area contributed by atoms with Crippen LogP contribution in [0, 0.1) is 11.3 Å². The monoisotopic (exact) mass is 438 g/mol. The number of hydrogen-bond donors (Lipinski definition) is 1. The van der Waals surface area contributed by atoms with Gasteiger partial charge in [-0.15, -0.1) is 0 Å². The van der Waals surface area contributed by atoms with E-state index in [1.54, 1.807) is 19.0 Å². The lowest BCUT2D eigenvalue weighted by atomic mass is 9.72. The Morgan fingerprint density at radius 3 is 2.48 bits per heavy atom. The van der Waals surface area contributed by atoms with Crippen LogP contribution in [0.4, 0.5) is 10.5 Å². The van der Waals surface area contributed by atoms with Crippen molar-refractivity contribution in [3.05, 3.63) is 28.2 Å². The second-order valence-corrected chi connectivity index (χ2v) is 10.3. The Labute approximate surface area is 184 Å². The lowest BCUT2D eigenvalue weighted by Gasteiger charge is -2.61. The van der Waals surface area contributed by atoms with Gasteiger partial charge in [-0.2, -0.15) is 0 Å². The molecule has 0 radical (unpaired) electrons. The van der Waals surface area contributed by atoms with Crippen molar-refractivity contribution < 1.29 is 4.79 Å². The maximum atomic E-state index is 11.8. The molecule has 2 aliphatic heterocycles. The van der Waals surface area contributed by atoms with E-state index in [0.717, 1.165) is 37.5 Å². The molecule has 3 fully saturated rings. The van der Waals surface area contributed by atoms with Crippen LogP contribution in [-0.2, 0) is 0 Å². The van der Waals surface area contributed by atoms with Crippen molar-refractivity contribution in [3.8, 4) is 0 Å². The van der Waals surface area contributed by atoms with E-state index in [2.05, 4.69) is 21.2 Å². The van der Waals surface area contributed by atoms with Crippen LogP contribution in [0.25, 0.3) is 0 Å². The first-order valence-electron chi connectivity index (χ1n) is 10.7. The molecule has 29 heavy (non-hydrogen) atoms. The summed E-state index contributed by atoms with van der Waals surface area (Å²) in [7, 11) is 3.59. The number of benzene rings is 1. The zero-order valence-electron chi connectivity index (χ0n) is 17.5. The predicted molar refractivity (Wildman–Crippen MR) is 120 cm³/mol. The summed E-state index contributed by atoms with van der Waals surface area (Å²) in [5.74, 6) is 0.808. The molecular formula is C22H32Cl2N4O. The Hall–Kier alpha value is -1.17. The number of carbonyl (C=O) groups is 1. The van der Waals surface area contributed by atoms with Gasteiger partial charge in [0.1, 0.15) is 0 Å². The molecule has 1 spiro atoms. The van der Waals surface area contributed by atoms with E-state index in [0.29, 0.717) is 21.5 Å². The van der Waals surface area contributed by atoms with Crippen molar-refractivity contribution in [2.45, 2.75) is 38.1 Å². The average Bonchev–Trinajstić information content (AvgIpc) is 2.63. The summed E-state index contributed by atoms with van der Waals surface area (Å²) >= 11 is 12.5. The van der Waals surface area contributed by atoms with E-state index in [1.165, 1.54) is 38.9 Å². The number of rotatable bonds is 5. The number of urea groups is 1. The molecule has 1 N–H and O–H groups in total. The number of halogens is 2. The fourth-order valence-corrected chi connectivity index (χ4v) is 5.61. The van der Waals surface area contributed by atoms with Crippen LogP contribution in [-0.4, -0.2) is 68.7 Å². The van der Waals surface area contributed by atoms with Gasteiger partial charge in [0, 0.05) is 51.7 Å². The van der Waals surface area contributed by atoms with Crippen LogP contribution in [0.15, 0.2) is 18.2 Å². The molecule has 0 unspecified atom stereocenters. The van der Waals surface area contributed by atoms with E-state index in [9.17, 15) is 4.79 Å². The number of likely N-dealkylation sites (tertiary alicyclic amines) is 1. The summed E-state index contributed by atoms with van der Waals surface area (Å²) in [5.41, 5.74) is 1.53. The number of anilines is 1. The van der Waals surface area contributed by atoms with Crippen molar-refractivity contribution in [2.24, 2.45) is 11.3 Å². The molecule has 1 saturated carbocycles. The second kappa shape index (κ2) is 8.52. The third kappa shape index (κ3) is 4.62. The fraction of sp³-hybridized carbons (Fsp3) is 0.682. The summed E-state index contributed by atoms with van der Waals surface area (Å²) in [6.45, 7) is 5.78. The first-order chi connectivity index (χ1) is 13.8.